The highest BCUT2D eigenvalue weighted by Gasteiger charge is 2.40. The number of amides is 1. The van der Waals surface area contributed by atoms with Gasteiger partial charge >= 0.3 is 0 Å². The molecule has 4 nitrogen and oxygen atoms in total. The van der Waals surface area contributed by atoms with Crippen LogP contribution in [0.1, 0.15) is 57.8 Å². The summed E-state index contributed by atoms with van der Waals surface area (Å²) in [6.07, 6.45) is 11.1. The van der Waals surface area contributed by atoms with E-state index in [2.05, 4.69) is 0 Å². The van der Waals surface area contributed by atoms with Gasteiger partial charge < -0.3 is 14.4 Å². The van der Waals surface area contributed by atoms with Crippen molar-refractivity contribution in [1.82, 2.24) is 4.90 Å². The number of carbonyl (C=O) groups excluding carboxylic acids is 1. The number of nitrogens with zero attached hydrogens (tertiary/aromatic N) is 1. The fraction of sp³-hybridized carbons (Fsp3) is 0.938. The van der Waals surface area contributed by atoms with Gasteiger partial charge in [0.25, 0.3) is 0 Å². The van der Waals surface area contributed by atoms with E-state index in [1.165, 1.54) is 32.1 Å². The van der Waals surface area contributed by atoms with Crippen molar-refractivity contribution >= 4 is 5.91 Å². The zero-order valence-electron chi connectivity index (χ0n) is 12.4. The highest BCUT2D eigenvalue weighted by atomic mass is 16.5. The number of hydrogen-bond donors (Lipinski definition) is 0. The zero-order chi connectivity index (χ0) is 13.8. The van der Waals surface area contributed by atoms with Crippen LogP contribution in [0.4, 0.5) is 0 Å². The molecule has 1 saturated heterocycles. The minimum atomic E-state index is -0.0290. The average molecular weight is 281 g/mol. The fourth-order valence-corrected chi connectivity index (χ4v) is 3.89. The summed E-state index contributed by atoms with van der Waals surface area (Å²) < 4.78 is 11.8. The van der Waals surface area contributed by atoms with E-state index < -0.39 is 0 Å². The molecule has 0 radical (unpaired) electrons. The Labute approximate surface area is 121 Å². The highest BCUT2D eigenvalue weighted by Crippen LogP contribution is 2.35. The molecule has 2 saturated carbocycles. The number of rotatable bonds is 3. The normalized spacial score (nSPS) is 27.1. The molecule has 3 aliphatic rings. The fourth-order valence-electron chi connectivity index (χ4n) is 3.89. The topological polar surface area (TPSA) is 38.8 Å². The largest absolute Gasteiger partial charge is 0.371 e. The molecule has 114 valence electrons. The maximum absolute atomic E-state index is 12.3. The van der Waals surface area contributed by atoms with E-state index in [1.807, 2.05) is 4.90 Å². The predicted octanol–water partition coefficient (Wildman–Crippen LogP) is 2.51. The molecular weight excluding hydrogens is 254 g/mol. The summed E-state index contributed by atoms with van der Waals surface area (Å²) in [6, 6.07) is 0. The zero-order valence-corrected chi connectivity index (χ0v) is 12.4. The van der Waals surface area contributed by atoms with Gasteiger partial charge in [-0.3, -0.25) is 4.79 Å². The summed E-state index contributed by atoms with van der Waals surface area (Å²) >= 11 is 0. The maximum atomic E-state index is 12.3. The quantitative estimate of drug-likeness (QED) is 0.798. The van der Waals surface area contributed by atoms with Crippen LogP contribution in [0.25, 0.3) is 0 Å². The van der Waals surface area contributed by atoms with Crippen molar-refractivity contribution in [1.29, 1.82) is 0 Å². The van der Waals surface area contributed by atoms with E-state index in [0.29, 0.717) is 12.7 Å². The molecule has 3 fully saturated rings. The third kappa shape index (κ3) is 3.34. The van der Waals surface area contributed by atoms with Crippen LogP contribution in [-0.2, 0) is 14.3 Å². The first-order valence-corrected chi connectivity index (χ1v) is 8.31. The summed E-state index contributed by atoms with van der Waals surface area (Å²) in [5.41, 5.74) is -0.0290. The van der Waals surface area contributed by atoms with Crippen LogP contribution in [0, 0.1) is 0 Å². The number of ether oxygens (including phenoxy) is 2. The monoisotopic (exact) mass is 281 g/mol. The molecule has 0 unspecified atom stereocenters. The van der Waals surface area contributed by atoms with Gasteiger partial charge in [0.05, 0.1) is 18.3 Å². The van der Waals surface area contributed by atoms with Crippen molar-refractivity contribution in [3.63, 3.8) is 0 Å². The molecule has 1 aliphatic heterocycles. The molecule has 1 spiro atoms. The van der Waals surface area contributed by atoms with Gasteiger partial charge in [0, 0.05) is 13.1 Å². The third-order valence-electron chi connectivity index (χ3n) is 5.11. The Balaban J connectivity index is 1.46. The van der Waals surface area contributed by atoms with Crippen LogP contribution >= 0.6 is 0 Å². The molecule has 0 aromatic heterocycles. The second-order valence-electron chi connectivity index (χ2n) is 6.62. The summed E-state index contributed by atoms with van der Waals surface area (Å²) in [7, 11) is 0. The van der Waals surface area contributed by atoms with Crippen LogP contribution < -0.4 is 0 Å². The van der Waals surface area contributed by atoms with Crippen LogP contribution in [-0.4, -0.2) is 48.8 Å². The molecule has 1 heterocycles. The molecule has 0 bridgehead atoms. The van der Waals surface area contributed by atoms with E-state index in [4.69, 9.17) is 9.47 Å². The van der Waals surface area contributed by atoms with Crippen molar-refractivity contribution in [2.24, 2.45) is 0 Å². The average Bonchev–Trinajstić information content (AvgIpc) is 2.93. The Kier molecular flexibility index (Phi) is 4.61. The van der Waals surface area contributed by atoms with Gasteiger partial charge in [-0.25, -0.2) is 0 Å². The smallest absolute Gasteiger partial charge is 0.248 e. The molecule has 0 aromatic rings. The second-order valence-corrected chi connectivity index (χ2v) is 6.62. The van der Waals surface area contributed by atoms with Crippen molar-refractivity contribution < 1.29 is 14.3 Å². The van der Waals surface area contributed by atoms with Crippen LogP contribution in [0.5, 0.6) is 0 Å². The minimum Gasteiger partial charge on any atom is -0.371 e. The number of hydrogen-bond acceptors (Lipinski definition) is 3. The SMILES string of the molecule is O=C(COC1CCCCC1)N1CCOC2(CCCC2)C1. The van der Waals surface area contributed by atoms with E-state index >= 15 is 0 Å². The lowest BCUT2D eigenvalue weighted by molar-refractivity contribution is -0.156. The first-order valence-electron chi connectivity index (χ1n) is 8.31. The molecule has 20 heavy (non-hydrogen) atoms. The van der Waals surface area contributed by atoms with Crippen LogP contribution in [0.2, 0.25) is 0 Å². The van der Waals surface area contributed by atoms with Crippen molar-refractivity contribution in [3.8, 4) is 0 Å². The summed E-state index contributed by atoms with van der Waals surface area (Å²) in [5.74, 6) is 0.158. The molecule has 3 rings (SSSR count). The summed E-state index contributed by atoms with van der Waals surface area (Å²) in [5, 5.41) is 0. The lowest BCUT2D eigenvalue weighted by atomic mass is 9.98. The number of carbonyl (C=O) groups is 1. The van der Waals surface area contributed by atoms with E-state index in [1.54, 1.807) is 0 Å². The van der Waals surface area contributed by atoms with E-state index in [9.17, 15) is 4.79 Å². The lowest BCUT2D eigenvalue weighted by Gasteiger charge is -2.40. The van der Waals surface area contributed by atoms with Gasteiger partial charge in [0.15, 0.2) is 0 Å². The maximum Gasteiger partial charge on any atom is 0.248 e. The Morgan fingerprint density at radius 3 is 2.65 bits per heavy atom. The van der Waals surface area contributed by atoms with Gasteiger partial charge in [-0.2, -0.15) is 0 Å². The molecular formula is C16H27NO3. The van der Waals surface area contributed by atoms with Gasteiger partial charge in [0.2, 0.25) is 5.91 Å². The van der Waals surface area contributed by atoms with Crippen LogP contribution in [0.3, 0.4) is 0 Å². The minimum absolute atomic E-state index is 0.0290. The van der Waals surface area contributed by atoms with Crippen molar-refractivity contribution in [2.75, 3.05) is 26.3 Å². The Morgan fingerprint density at radius 2 is 1.90 bits per heavy atom. The summed E-state index contributed by atoms with van der Waals surface area (Å²) in [6.45, 7) is 2.46. The Bertz CT molecular complexity index is 333. The molecule has 0 atom stereocenters. The number of morpholine rings is 1. The van der Waals surface area contributed by atoms with Gasteiger partial charge in [0.1, 0.15) is 6.61 Å². The Morgan fingerprint density at radius 1 is 1.15 bits per heavy atom. The summed E-state index contributed by atoms with van der Waals surface area (Å²) in [4.78, 5) is 14.3. The molecule has 0 N–H and O–H groups in total. The first-order chi connectivity index (χ1) is 9.77. The third-order valence-corrected chi connectivity index (χ3v) is 5.11. The molecule has 2 aliphatic carbocycles. The predicted molar refractivity (Wildman–Crippen MR) is 76.6 cm³/mol. The van der Waals surface area contributed by atoms with E-state index in [0.717, 1.165) is 38.8 Å². The standard InChI is InChI=1S/C16H27NO3/c18-15(12-19-14-6-2-1-3-7-14)17-10-11-20-16(13-17)8-4-5-9-16/h14H,1-13H2. The lowest BCUT2D eigenvalue weighted by Crippen LogP contribution is -2.53. The highest BCUT2D eigenvalue weighted by molar-refractivity contribution is 5.77. The molecule has 1 amide bonds. The molecule has 0 aromatic carbocycles. The van der Waals surface area contributed by atoms with Gasteiger partial charge in [-0.15, -0.1) is 0 Å². The van der Waals surface area contributed by atoms with Gasteiger partial charge in [-0.05, 0) is 25.7 Å². The van der Waals surface area contributed by atoms with Crippen LogP contribution in [0.15, 0.2) is 0 Å². The first kappa shape index (κ1) is 14.3. The van der Waals surface area contributed by atoms with E-state index in [-0.39, 0.29) is 18.1 Å². The van der Waals surface area contributed by atoms with Crippen molar-refractivity contribution in [2.45, 2.75) is 69.5 Å². The molecule has 4 heteroatoms. The Hall–Kier alpha value is -0.610. The van der Waals surface area contributed by atoms with Crippen molar-refractivity contribution in [3.05, 3.63) is 0 Å². The van der Waals surface area contributed by atoms with Gasteiger partial charge in [-0.1, -0.05) is 32.1 Å². The second kappa shape index (κ2) is 6.44.